The molecule has 1 heterocycles. The zero-order valence-electron chi connectivity index (χ0n) is 12.1. The summed E-state index contributed by atoms with van der Waals surface area (Å²) in [7, 11) is 1.77. The van der Waals surface area contributed by atoms with E-state index in [2.05, 4.69) is 37.5 Å². The van der Waals surface area contributed by atoms with Crippen LogP contribution in [0.2, 0.25) is 0 Å². The molecule has 0 aromatic heterocycles. The number of rotatable bonds is 5. The van der Waals surface area contributed by atoms with Crippen LogP contribution >= 0.6 is 0 Å². The molecule has 102 valence electrons. The summed E-state index contributed by atoms with van der Waals surface area (Å²) < 4.78 is 5.50. The molecule has 2 N–H and O–H groups in total. The van der Waals surface area contributed by atoms with Crippen LogP contribution in [0.25, 0.3) is 0 Å². The molecule has 4 nitrogen and oxygen atoms in total. The summed E-state index contributed by atoms with van der Waals surface area (Å²) in [5.41, 5.74) is 5.93. The maximum Gasteiger partial charge on any atom is 0.0736 e. The normalized spacial score (nSPS) is 24.9. The monoisotopic (exact) mass is 243 g/mol. The van der Waals surface area contributed by atoms with Crippen LogP contribution in [0.15, 0.2) is 0 Å². The van der Waals surface area contributed by atoms with Crippen LogP contribution in [-0.2, 0) is 4.74 Å². The second-order valence-corrected chi connectivity index (χ2v) is 5.56. The summed E-state index contributed by atoms with van der Waals surface area (Å²) in [4.78, 5) is 5.00. The Bertz CT molecular complexity index is 227. The number of hydrogen-bond acceptors (Lipinski definition) is 4. The zero-order chi connectivity index (χ0) is 13.1. The molecule has 1 fully saturated rings. The van der Waals surface area contributed by atoms with Gasteiger partial charge in [0.05, 0.1) is 11.6 Å². The van der Waals surface area contributed by atoms with Crippen molar-refractivity contribution in [2.75, 3.05) is 39.8 Å². The van der Waals surface area contributed by atoms with Crippen molar-refractivity contribution >= 4 is 0 Å². The summed E-state index contributed by atoms with van der Waals surface area (Å²) in [6.07, 6.45) is 0.165. The molecule has 0 aliphatic carbocycles. The van der Waals surface area contributed by atoms with E-state index >= 15 is 0 Å². The number of ether oxygens (including phenoxy) is 1. The van der Waals surface area contributed by atoms with E-state index in [0.717, 1.165) is 26.2 Å². The van der Waals surface area contributed by atoms with E-state index < -0.39 is 0 Å². The first-order valence-electron chi connectivity index (χ1n) is 6.67. The van der Waals surface area contributed by atoms with Gasteiger partial charge in [-0.05, 0) is 27.7 Å². The molecule has 1 rings (SSSR count). The Balaban J connectivity index is 2.62. The lowest BCUT2D eigenvalue weighted by molar-refractivity contribution is -0.0524. The molecule has 0 aromatic carbocycles. The van der Waals surface area contributed by atoms with Gasteiger partial charge in [-0.25, -0.2) is 0 Å². The van der Waals surface area contributed by atoms with Gasteiger partial charge in [0.2, 0.25) is 0 Å². The topological polar surface area (TPSA) is 41.7 Å². The molecule has 1 aliphatic rings. The van der Waals surface area contributed by atoms with Crippen molar-refractivity contribution in [1.29, 1.82) is 0 Å². The fourth-order valence-electron chi connectivity index (χ4n) is 2.56. The first kappa shape index (κ1) is 14.9. The van der Waals surface area contributed by atoms with E-state index in [4.69, 9.17) is 10.5 Å². The summed E-state index contributed by atoms with van der Waals surface area (Å²) in [5.74, 6) is 0. The van der Waals surface area contributed by atoms with Crippen LogP contribution in [0, 0.1) is 0 Å². The number of piperazine rings is 1. The molecule has 0 spiro atoms. The molecule has 2 unspecified atom stereocenters. The van der Waals surface area contributed by atoms with Crippen molar-refractivity contribution in [2.45, 2.75) is 45.4 Å². The molecular formula is C13H29N3O. The van der Waals surface area contributed by atoms with Crippen molar-refractivity contribution in [2.24, 2.45) is 5.73 Å². The summed E-state index contributed by atoms with van der Waals surface area (Å²) in [6, 6.07) is 0.640. The van der Waals surface area contributed by atoms with Crippen molar-refractivity contribution in [3.63, 3.8) is 0 Å². The Morgan fingerprint density at radius 3 is 2.06 bits per heavy atom. The van der Waals surface area contributed by atoms with E-state index in [9.17, 15) is 0 Å². The fraction of sp³-hybridized carbons (Fsp3) is 1.00. The average molecular weight is 243 g/mol. The van der Waals surface area contributed by atoms with E-state index in [1.165, 1.54) is 0 Å². The zero-order valence-corrected chi connectivity index (χ0v) is 12.1. The highest BCUT2D eigenvalue weighted by molar-refractivity contribution is 4.95. The molecule has 0 saturated carbocycles. The summed E-state index contributed by atoms with van der Waals surface area (Å²) in [6.45, 7) is 13.9. The second kappa shape index (κ2) is 6.14. The Morgan fingerprint density at radius 1 is 1.18 bits per heavy atom. The third-order valence-electron chi connectivity index (χ3n) is 4.41. The molecule has 0 bridgehead atoms. The first-order chi connectivity index (χ1) is 7.95. The Kier molecular flexibility index (Phi) is 5.38. The van der Waals surface area contributed by atoms with E-state index in [0.29, 0.717) is 12.6 Å². The molecule has 1 aliphatic heterocycles. The predicted octanol–water partition coefficient (Wildman–Crippen LogP) is 0.765. The van der Waals surface area contributed by atoms with Crippen molar-refractivity contribution in [1.82, 2.24) is 9.80 Å². The SMILES string of the molecule is COC(C)C(C)(CN)N1CCN(C(C)C)CC1. The van der Waals surface area contributed by atoms with Gasteiger partial charge in [-0.3, -0.25) is 9.80 Å². The standard InChI is InChI=1S/C13H29N3O/c1-11(2)15-6-8-16(9-7-15)13(4,10-14)12(3)17-5/h11-12H,6-10,14H2,1-5H3. The number of methoxy groups -OCH3 is 1. The highest BCUT2D eigenvalue weighted by atomic mass is 16.5. The lowest BCUT2D eigenvalue weighted by Crippen LogP contribution is -2.64. The molecular weight excluding hydrogens is 214 g/mol. The summed E-state index contributed by atoms with van der Waals surface area (Å²) in [5, 5.41) is 0. The lowest BCUT2D eigenvalue weighted by atomic mass is 9.92. The third-order valence-corrected chi connectivity index (χ3v) is 4.41. The molecule has 1 saturated heterocycles. The van der Waals surface area contributed by atoms with Gasteiger partial charge in [0, 0.05) is 45.9 Å². The van der Waals surface area contributed by atoms with E-state index in [1.807, 2.05) is 0 Å². The van der Waals surface area contributed by atoms with Gasteiger partial charge < -0.3 is 10.5 Å². The number of hydrogen-bond donors (Lipinski definition) is 1. The van der Waals surface area contributed by atoms with Gasteiger partial charge in [-0.15, -0.1) is 0 Å². The molecule has 4 heteroatoms. The Morgan fingerprint density at radius 2 is 1.71 bits per heavy atom. The first-order valence-corrected chi connectivity index (χ1v) is 6.67. The minimum absolute atomic E-state index is 0.0438. The molecule has 0 amide bonds. The van der Waals surface area contributed by atoms with Crippen LogP contribution < -0.4 is 5.73 Å². The lowest BCUT2D eigenvalue weighted by Gasteiger charge is -2.48. The highest BCUT2D eigenvalue weighted by Gasteiger charge is 2.38. The van der Waals surface area contributed by atoms with Crippen molar-refractivity contribution in [3.8, 4) is 0 Å². The minimum Gasteiger partial charge on any atom is -0.380 e. The molecule has 0 radical (unpaired) electrons. The van der Waals surface area contributed by atoms with Crippen molar-refractivity contribution < 1.29 is 4.74 Å². The minimum atomic E-state index is -0.0438. The van der Waals surface area contributed by atoms with Gasteiger partial charge in [0.25, 0.3) is 0 Å². The van der Waals surface area contributed by atoms with Crippen LogP contribution in [0.5, 0.6) is 0 Å². The predicted molar refractivity (Wildman–Crippen MR) is 72.2 cm³/mol. The van der Waals surface area contributed by atoms with E-state index in [-0.39, 0.29) is 11.6 Å². The van der Waals surface area contributed by atoms with Gasteiger partial charge in [-0.2, -0.15) is 0 Å². The van der Waals surface area contributed by atoms with Crippen LogP contribution in [-0.4, -0.2) is 67.3 Å². The van der Waals surface area contributed by atoms with Gasteiger partial charge in [-0.1, -0.05) is 0 Å². The van der Waals surface area contributed by atoms with Crippen molar-refractivity contribution in [3.05, 3.63) is 0 Å². The maximum absolute atomic E-state index is 5.97. The van der Waals surface area contributed by atoms with Crippen LogP contribution in [0.3, 0.4) is 0 Å². The average Bonchev–Trinajstić information content (AvgIpc) is 2.36. The smallest absolute Gasteiger partial charge is 0.0736 e. The number of nitrogens with two attached hydrogens (primary N) is 1. The summed E-state index contributed by atoms with van der Waals surface area (Å²) >= 11 is 0. The highest BCUT2D eigenvalue weighted by Crippen LogP contribution is 2.22. The van der Waals surface area contributed by atoms with Gasteiger partial charge in [0.15, 0.2) is 0 Å². The van der Waals surface area contributed by atoms with E-state index in [1.54, 1.807) is 7.11 Å². The third kappa shape index (κ3) is 3.19. The maximum atomic E-state index is 5.97. The molecule has 17 heavy (non-hydrogen) atoms. The van der Waals surface area contributed by atoms with Crippen LogP contribution in [0.1, 0.15) is 27.7 Å². The Hall–Kier alpha value is -0.160. The molecule has 2 atom stereocenters. The van der Waals surface area contributed by atoms with Gasteiger partial charge in [0.1, 0.15) is 0 Å². The van der Waals surface area contributed by atoms with Crippen LogP contribution in [0.4, 0.5) is 0 Å². The number of nitrogens with zero attached hydrogens (tertiary/aromatic N) is 2. The largest absolute Gasteiger partial charge is 0.380 e. The second-order valence-electron chi connectivity index (χ2n) is 5.56. The fourth-order valence-corrected chi connectivity index (χ4v) is 2.56. The molecule has 0 aromatic rings. The Labute approximate surface area is 106 Å². The van der Waals surface area contributed by atoms with Gasteiger partial charge >= 0.3 is 0 Å². The quantitative estimate of drug-likeness (QED) is 0.774.